The van der Waals surface area contributed by atoms with Gasteiger partial charge >= 0.3 is 0 Å². The molecule has 1 aliphatic carbocycles. The van der Waals surface area contributed by atoms with Crippen LogP contribution in [0, 0.1) is 0 Å². The number of benzene rings is 1. The summed E-state index contributed by atoms with van der Waals surface area (Å²) >= 11 is 0. The van der Waals surface area contributed by atoms with Crippen LogP contribution in [0.1, 0.15) is 25.7 Å². The largest absolute Gasteiger partial charge is 0.382 e. The molecule has 2 unspecified atom stereocenters. The minimum absolute atomic E-state index is 0.289. The summed E-state index contributed by atoms with van der Waals surface area (Å²) < 4.78 is 24.6. The lowest BCUT2D eigenvalue weighted by molar-refractivity contribution is 0.409. The van der Waals surface area contributed by atoms with Crippen molar-refractivity contribution < 1.29 is 8.42 Å². The Hall–Kier alpha value is -1.27. The molecule has 1 fully saturated rings. The Kier molecular flexibility index (Phi) is 4.31. The van der Waals surface area contributed by atoms with Gasteiger partial charge < -0.3 is 11.1 Å². The van der Waals surface area contributed by atoms with Crippen molar-refractivity contribution in [1.82, 2.24) is 0 Å². The maximum Gasteiger partial charge on any atom is 0.229 e. The first kappa shape index (κ1) is 14.1. The van der Waals surface area contributed by atoms with Crippen molar-refractivity contribution in [1.29, 1.82) is 0 Å². The molecule has 2 rings (SSSR count). The molecule has 0 amide bonds. The smallest absolute Gasteiger partial charge is 0.229 e. The van der Waals surface area contributed by atoms with E-state index in [0.717, 1.165) is 37.6 Å². The molecule has 0 bridgehead atoms. The normalized spacial score (nSPS) is 23.9. The highest BCUT2D eigenvalue weighted by atomic mass is 32.2. The average Bonchev–Trinajstić information content (AvgIpc) is 2.30. The van der Waals surface area contributed by atoms with E-state index in [1.54, 1.807) is 12.1 Å². The van der Waals surface area contributed by atoms with Gasteiger partial charge in [0.25, 0.3) is 0 Å². The predicted molar refractivity (Wildman–Crippen MR) is 78.8 cm³/mol. The monoisotopic (exact) mass is 283 g/mol. The fourth-order valence-corrected chi connectivity index (χ4v) is 3.01. The SMILES string of the molecule is CS(=O)(=O)Nc1ccc(NC2CCCC(N)C2)cc1. The average molecular weight is 283 g/mol. The van der Waals surface area contributed by atoms with Crippen LogP contribution in [-0.4, -0.2) is 26.8 Å². The first-order chi connectivity index (χ1) is 8.92. The van der Waals surface area contributed by atoms with Crippen LogP contribution in [0.4, 0.5) is 11.4 Å². The molecule has 1 aromatic rings. The number of hydrogen-bond donors (Lipinski definition) is 3. The summed E-state index contributed by atoms with van der Waals surface area (Å²) in [6.45, 7) is 0. The maximum absolute atomic E-state index is 11.1. The molecule has 106 valence electrons. The molecule has 19 heavy (non-hydrogen) atoms. The first-order valence-corrected chi connectivity index (χ1v) is 8.41. The third-order valence-corrected chi connectivity index (χ3v) is 3.88. The van der Waals surface area contributed by atoms with E-state index in [9.17, 15) is 8.42 Å². The van der Waals surface area contributed by atoms with Crippen LogP contribution in [0.5, 0.6) is 0 Å². The van der Waals surface area contributed by atoms with E-state index in [1.165, 1.54) is 0 Å². The molecule has 0 saturated heterocycles. The minimum atomic E-state index is -3.21. The number of rotatable bonds is 4. The predicted octanol–water partition coefficient (Wildman–Crippen LogP) is 1.74. The van der Waals surface area contributed by atoms with Gasteiger partial charge in [-0.15, -0.1) is 0 Å². The number of nitrogens with two attached hydrogens (primary N) is 1. The van der Waals surface area contributed by atoms with Crippen LogP contribution in [0.25, 0.3) is 0 Å². The van der Waals surface area contributed by atoms with Gasteiger partial charge in [0.1, 0.15) is 0 Å². The van der Waals surface area contributed by atoms with Gasteiger partial charge in [0.15, 0.2) is 0 Å². The van der Waals surface area contributed by atoms with Crippen LogP contribution >= 0.6 is 0 Å². The molecule has 2 atom stereocenters. The van der Waals surface area contributed by atoms with Crippen molar-refractivity contribution in [3.05, 3.63) is 24.3 Å². The summed E-state index contributed by atoms with van der Waals surface area (Å²) in [6, 6.07) is 7.98. The second-order valence-corrected chi connectivity index (χ2v) is 6.97. The van der Waals surface area contributed by atoms with Crippen molar-refractivity contribution in [2.24, 2.45) is 5.73 Å². The van der Waals surface area contributed by atoms with Crippen molar-refractivity contribution in [3.63, 3.8) is 0 Å². The second-order valence-electron chi connectivity index (χ2n) is 5.22. The van der Waals surface area contributed by atoms with E-state index in [1.807, 2.05) is 12.1 Å². The van der Waals surface area contributed by atoms with E-state index in [4.69, 9.17) is 5.73 Å². The summed E-state index contributed by atoms with van der Waals surface area (Å²) in [5, 5.41) is 3.44. The molecule has 4 N–H and O–H groups in total. The molecule has 1 aromatic carbocycles. The second kappa shape index (κ2) is 5.79. The molecule has 1 aliphatic rings. The van der Waals surface area contributed by atoms with Crippen LogP contribution in [-0.2, 0) is 10.0 Å². The van der Waals surface area contributed by atoms with Gasteiger partial charge in [-0.25, -0.2) is 8.42 Å². The van der Waals surface area contributed by atoms with Gasteiger partial charge in [0, 0.05) is 23.5 Å². The Bertz CT molecular complexity index is 513. The molecule has 0 spiro atoms. The molecular weight excluding hydrogens is 262 g/mol. The Labute approximate surface area is 114 Å². The maximum atomic E-state index is 11.1. The van der Waals surface area contributed by atoms with E-state index >= 15 is 0 Å². The summed E-state index contributed by atoms with van der Waals surface area (Å²) in [4.78, 5) is 0. The van der Waals surface area contributed by atoms with Crippen LogP contribution in [0.15, 0.2) is 24.3 Å². The topological polar surface area (TPSA) is 84.2 Å². The highest BCUT2D eigenvalue weighted by Crippen LogP contribution is 2.22. The first-order valence-electron chi connectivity index (χ1n) is 6.52. The lowest BCUT2D eigenvalue weighted by Gasteiger charge is -2.28. The number of anilines is 2. The lowest BCUT2D eigenvalue weighted by Crippen LogP contribution is -2.34. The Morgan fingerprint density at radius 3 is 2.37 bits per heavy atom. The molecule has 0 aliphatic heterocycles. The Morgan fingerprint density at radius 2 is 1.79 bits per heavy atom. The Balaban J connectivity index is 1.95. The van der Waals surface area contributed by atoms with Crippen LogP contribution < -0.4 is 15.8 Å². The zero-order chi connectivity index (χ0) is 13.9. The number of nitrogens with one attached hydrogen (secondary N) is 2. The standard InChI is InChI=1S/C13H21N3O2S/c1-19(17,18)16-12-7-5-11(6-8-12)15-13-4-2-3-10(14)9-13/h5-8,10,13,15-16H,2-4,9,14H2,1H3. The third kappa shape index (κ3) is 4.72. The van der Waals surface area contributed by atoms with Crippen molar-refractivity contribution in [3.8, 4) is 0 Å². The van der Waals surface area contributed by atoms with Gasteiger partial charge in [-0.3, -0.25) is 4.72 Å². The molecular formula is C13H21N3O2S. The van der Waals surface area contributed by atoms with Crippen LogP contribution in [0.2, 0.25) is 0 Å². The number of hydrogen-bond acceptors (Lipinski definition) is 4. The van der Waals surface area contributed by atoms with Gasteiger partial charge in [0.05, 0.1) is 6.26 Å². The van der Waals surface area contributed by atoms with Crippen molar-refractivity contribution in [2.75, 3.05) is 16.3 Å². The zero-order valence-corrected chi connectivity index (χ0v) is 11.9. The lowest BCUT2D eigenvalue weighted by atomic mass is 9.91. The van der Waals surface area contributed by atoms with E-state index in [0.29, 0.717) is 11.7 Å². The molecule has 0 aromatic heterocycles. The minimum Gasteiger partial charge on any atom is -0.382 e. The molecule has 6 heteroatoms. The molecule has 0 radical (unpaired) electrons. The number of sulfonamides is 1. The highest BCUT2D eigenvalue weighted by Gasteiger charge is 2.18. The van der Waals surface area contributed by atoms with Gasteiger partial charge in [-0.2, -0.15) is 0 Å². The van der Waals surface area contributed by atoms with Crippen LogP contribution in [0.3, 0.4) is 0 Å². The summed E-state index contributed by atoms with van der Waals surface area (Å²) in [7, 11) is -3.21. The van der Waals surface area contributed by atoms with E-state index < -0.39 is 10.0 Å². The summed E-state index contributed by atoms with van der Waals surface area (Å²) in [5.74, 6) is 0. The fourth-order valence-electron chi connectivity index (χ4n) is 2.44. The Morgan fingerprint density at radius 1 is 1.16 bits per heavy atom. The van der Waals surface area contributed by atoms with E-state index in [2.05, 4.69) is 10.0 Å². The third-order valence-electron chi connectivity index (χ3n) is 3.27. The van der Waals surface area contributed by atoms with Gasteiger partial charge in [-0.1, -0.05) is 0 Å². The van der Waals surface area contributed by atoms with Crippen molar-refractivity contribution >= 4 is 21.4 Å². The highest BCUT2D eigenvalue weighted by molar-refractivity contribution is 7.92. The molecule has 0 heterocycles. The van der Waals surface area contributed by atoms with E-state index in [-0.39, 0.29) is 6.04 Å². The molecule has 5 nitrogen and oxygen atoms in total. The zero-order valence-electron chi connectivity index (χ0n) is 11.1. The van der Waals surface area contributed by atoms with Crippen molar-refractivity contribution in [2.45, 2.75) is 37.8 Å². The summed E-state index contributed by atoms with van der Waals surface area (Å²) in [6.07, 6.45) is 5.53. The fraction of sp³-hybridized carbons (Fsp3) is 0.538. The quantitative estimate of drug-likeness (QED) is 0.786. The van der Waals surface area contributed by atoms with Gasteiger partial charge in [-0.05, 0) is 49.9 Å². The molecule has 1 saturated carbocycles. The van der Waals surface area contributed by atoms with Gasteiger partial charge in [0.2, 0.25) is 10.0 Å². The summed E-state index contributed by atoms with van der Waals surface area (Å²) in [5.41, 5.74) is 7.53.